The van der Waals surface area contributed by atoms with E-state index < -0.39 is 0 Å². The minimum absolute atomic E-state index is 0.0305. The number of fused-ring (bicyclic) bond motifs is 3. The van der Waals surface area contributed by atoms with Gasteiger partial charge >= 0.3 is 0 Å². The maximum atomic E-state index is 9.23. The van der Waals surface area contributed by atoms with Crippen LogP contribution in [-0.2, 0) is 0 Å². The van der Waals surface area contributed by atoms with E-state index in [4.69, 9.17) is 4.74 Å². The van der Waals surface area contributed by atoms with Crippen LogP contribution in [0.15, 0.2) is 36.4 Å². The van der Waals surface area contributed by atoms with Crippen LogP contribution in [0.3, 0.4) is 0 Å². The maximum Gasteiger partial charge on any atom is 0.131 e. The molecule has 2 heteroatoms. The Labute approximate surface area is 100 Å². The van der Waals surface area contributed by atoms with Crippen molar-refractivity contribution in [3.05, 3.63) is 42.0 Å². The molecule has 0 bridgehead atoms. The van der Waals surface area contributed by atoms with Gasteiger partial charge in [0.25, 0.3) is 0 Å². The molecule has 0 spiro atoms. The smallest absolute Gasteiger partial charge is 0.131 e. The fourth-order valence-corrected chi connectivity index (χ4v) is 2.45. The maximum absolute atomic E-state index is 9.23. The monoisotopic (exact) mass is 223 g/mol. The van der Waals surface area contributed by atoms with E-state index >= 15 is 0 Å². The molecule has 2 aromatic rings. The molecule has 0 fully saturated rings. The van der Waals surface area contributed by atoms with Gasteiger partial charge in [-0.1, -0.05) is 36.4 Å². The third-order valence-electron chi connectivity index (χ3n) is 3.32. The van der Waals surface area contributed by atoms with Crippen LogP contribution >= 0.6 is 0 Å². The topological polar surface area (TPSA) is 33.0 Å². The highest BCUT2D eigenvalue weighted by Gasteiger charge is 2.20. The number of hydrogen-bond donors (Lipinski definition) is 0. The van der Waals surface area contributed by atoms with Crippen LogP contribution in [0.25, 0.3) is 10.8 Å². The van der Waals surface area contributed by atoms with Crippen LogP contribution in [-0.4, -0.2) is 6.61 Å². The van der Waals surface area contributed by atoms with Crippen molar-refractivity contribution < 1.29 is 4.74 Å². The third kappa shape index (κ3) is 1.64. The highest BCUT2D eigenvalue weighted by atomic mass is 16.5. The standard InChI is InChI=1S/C15H13NO/c16-10-12-5-3-9-17-15-13-6-2-1-4-11(13)7-8-14(12)15/h1-2,4,6-8,12H,3,5,9H2. The van der Waals surface area contributed by atoms with E-state index in [-0.39, 0.29) is 5.92 Å². The van der Waals surface area contributed by atoms with E-state index in [1.165, 1.54) is 5.39 Å². The highest BCUT2D eigenvalue weighted by Crippen LogP contribution is 2.38. The first-order valence-electron chi connectivity index (χ1n) is 5.94. The van der Waals surface area contributed by atoms with Crippen LogP contribution in [0, 0.1) is 11.3 Å². The average Bonchev–Trinajstić information content (AvgIpc) is 2.60. The van der Waals surface area contributed by atoms with Gasteiger partial charge in [-0.05, 0) is 18.2 Å². The molecule has 1 heterocycles. The largest absolute Gasteiger partial charge is 0.493 e. The minimum atomic E-state index is -0.0305. The van der Waals surface area contributed by atoms with Crippen molar-refractivity contribution in [2.75, 3.05) is 6.61 Å². The van der Waals surface area contributed by atoms with E-state index in [2.05, 4.69) is 24.3 Å². The first-order valence-corrected chi connectivity index (χ1v) is 5.94. The van der Waals surface area contributed by atoms with Crippen molar-refractivity contribution in [1.82, 2.24) is 0 Å². The molecular formula is C15H13NO. The Morgan fingerprint density at radius 3 is 2.94 bits per heavy atom. The van der Waals surface area contributed by atoms with Crippen LogP contribution in [0.2, 0.25) is 0 Å². The molecule has 0 amide bonds. The molecule has 0 aliphatic carbocycles. The summed E-state index contributed by atoms with van der Waals surface area (Å²) in [7, 11) is 0. The fourth-order valence-electron chi connectivity index (χ4n) is 2.45. The Balaban J connectivity index is 2.28. The van der Waals surface area contributed by atoms with Crippen molar-refractivity contribution in [3.63, 3.8) is 0 Å². The first-order chi connectivity index (χ1) is 8.40. The molecule has 3 rings (SSSR count). The van der Waals surface area contributed by atoms with Crippen molar-refractivity contribution in [2.24, 2.45) is 0 Å². The normalized spacial score (nSPS) is 18.9. The van der Waals surface area contributed by atoms with E-state index in [0.29, 0.717) is 6.61 Å². The van der Waals surface area contributed by atoms with Gasteiger partial charge < -0.3 is 4.74 Å². The quantitative estimate of drug-likeness (QED) is 0.683. The summed E-state index contributed by atoms with van der Waals surface area (Å²) in [5.41, 5.74) is 1.05. The van der Waals surface area contributed by atoms with Crippen molar-refractivity contribution >= 4 is 10.8 Å². The molecule has 1 unspecified atom stereocenters. The summed E-state index contributed by atoms with van der Waals surface area (Å²) in [6, 6.07) is 14.7. The third-order valence-corrected chi connectivity index (χ3v) is 3.32. The Hall–Kier alpha value is -2.01. The Bertz CT molecular complexity index is 597. The Morgan fingerprint density at radius 1 is 1.18 bits per heavy atom. The SMILES string of the molecule is N#CC1CCCOc2c1ccc1ccccc21. The van der Waals surface area contributed by atoms with Crippen molar-refractivity contribution in [1.29, 1.82) is 5.26 Å². The van der Waals surface area contributed by atoms with Gasteiger partial charge in [0.15, 0.2) is 0 Å². The zero-order valence-electron chi connectivity index (χ0n) is 9.52. The van der Waals surface area contributed by atoms with E-state index in [1.807, 2.05) is 18.2 Å². The molecule has 0 aromatic heterocycles. The van der Waals surface area contributed by atoms with Gasteiger partial charge in [0.05, 0.1) is 18.6 Å². The molecule has 2 aromatic carbocycles. The molecule has 17 heavy (non-hydrogen) atoms. The van der Waals surface area contributed by atoms with Gasteiger partial charge in [0.1, 0.15) is 5.75 Å². The van der Waals surface area contributed by atoms with Crippen LogP contribution in [0.1, 0.15) is 24.3 Å². The lowest BCUT2D eigenvalue weighted by atomic mass is 9.93. The number of nitrogens with zero attached hydrogens (tertiary/aromatic N) is 1. The van der Waals surface area contributed by atoms with Gasteiger partial charge in [0, 0.05) is 10.9 Å². The predicted molar refractivity (Wildman–Crippen MR) is 67.0 cm³/mol. The molecule has 0 saturated heterocycles. The summed E-state index contributed by atoms with van der Waals surface area (Å²) >= 11 is 0. The molecule has 0 N–H and O–H groups in total. The summed E-state index contributed by atoms with van der Waals surface area (Å²) in [4.78, 5) is 0. The molecule has 0 radical (unpaired) electrons. The second-order valence-corrected chi connectivity index (χ2v) is 4.38. The summed E-state index contributed by atoms with van der Waals surface area (Å²) in [5.74, 6) is 0.879. The van der Waals surface area contributed by atoms with E-state index in [0.717, 1.165) is 29.5 Å². The molecule has 1 aliphatic rings. The van der Waals surface area contributed by atoms with E-state index in [1.54, 1.807) is 0 Å². The van der Waals surface area contributed by atoms with Crippen LogP contribution in [0.4, 0.5) is 0 Å². The summed E-state index contributed by atoms with van der Waals surface area (Å²) in [5, 5.41) is 11.5. The zero-order valence-corrected chi connectivity index (χ0v) is 9.52. The lowest BCUT2D eigenvalue weighted by Gasteiger charge is -2.12. The minimum Gasteiger partial charge on any atom is -0.493 e. The lowest BCUT2D eigenvalue weighted by Crippen LogP contribution is -1.96. The summed E-state index contributed by atoms with van der Waals surface area (Å²) < 4.78 is 5.84. The van der Waals surface area contributed by atoms with Gasteiger partial charge in [0.2, 0.25) is 0 Å². The number of hydrogen-bond acceptors (Lipinski definition) is 2. The molecule has 1 aliphatic heterocycles. The summed E-state index contributed by atoms with van der Waals surface area (Å²) in [6.45, 7) is 0.708. The summed E-state index contributed by atoms with van der Waals surface area (Å²) in [6.07, 6.45) is 1.84. The van der Waals surface area contributed by atoms with Crippen molar-refractivity contribution in [3.8, 4) is 11.8 Å². The van der Waals surface area contributed by atoms with Crippen LogP contribution in [0.5, 0.6) is 5.75 Å². The lowest BCUT2D eigenvalue weighted by molar-refractivity contribution is 0.320. The van der Waals surface area contributed by atoms with Gasteiger partial charge in [-0.2, -0.15) is 5.26 Å². The molecule has 2 nitrogen and oxygen atoms in total. The number of ether oxygens (including phenoxy) is 1. The van der Waals surface area contributed by atoms with Gasteiger partial charge in [-0.3, -0.25) is 0 Å². The van der Waals surface area contributed by atoms with Crippen molar-refractivity contribution in [2.45, 2.75) is 18.8 Å². The molecule has 0 saturated carbocycles. The zero-order chi connectivity index (χ0) is 11.7. The van der Waals surface area contributed by atoms with Gasteiger partial charge in [-0.15, -0.1) is 0 Å². The molecule has 1 atom stereocenters. The van der Waals surface area contributed by atoms with Gasteiger partial charge in [-0.25, -0.2) is 0 Å². The number of benzene rings is 2. The fraction of sp³-hybridized carbons (Fsp3) is 0.267. The average molecular weight is 223 g/mol. The van der Waals surface area contributed by atoms with E-state index in [9.17, 15) is 5.26 Å². The Morgan fingerprint density at radius 2 is 2.06 bits per heavy atom. The predicted octanol–water partition coefficient (Wildman–Crippen LogP) is 3.62. The van der Waals surface area contributed by atoms with Crippen LogP contribution < -0.4 is 4.74 Å². The number of rotatable bonds is 0. The highest BCUT2D eigenvalue weighted by molar-refractivity contribution is 5.90. The number of nitriles is 1. The molecule has 84 valence electrons. The first kappa shape index (κ1) is 10.2. The second-order valence-electron chi connectivity index (χ2n) is 4.38. The Kier molecular flexibility index (Phi) is 2.45. The molecular weight excluding hydrogens is 210 g/mol. The second kappa shape index (κ2) is 4.10.